The van der Waals surface area contributed by atoms with Crippen LogP contribution in [-0.2, 0) is 14.9 Å². The van der Waals surface area contributed by atoms with Crippen molar-refractivity contribution in [2.45, 2.75) is 39.2 Å². The van der Waals surface area contributed by atoms with Crippen LogP contribution >= 0.6 is 11.6 Å². The third kappa shape index (κ3) is 5.57. The average molecular weight is 371 g/mol. The molecule has 0 aliphatic rings. The largest absolute Gasteiger partial charge is 0.451 e. The molecule has 0 amide bonds. The molecule has 0 aliphatic heterocycles. The van der Waals surface area contributed by atoms with E-state index in [0.29, 0.717) is 10.6 Å². The highest BCUT2D eigenvalue weighted by Gasteiger charge is 2.20. The van der Waals surface area contributed by atoms with E-state index < -0.39 is 12.1 Å². The number of rotatable bonds is 5. The second-order valence-electron chi connectivity index (χ2n) is 7.16. The van der Waals surface area contributed by atoms with Crippen LogP contribution in [0.1, 0.15) is 49.2 Å². The molecule has 0 N–H and O–H groups in total. The lowest BCUT2D eigenvalue weighted by Crippen LogP contribution is -2.23. The predicted octanol–water partition coefficient (Wildman–Crippen LogP) is 5.47. The molecule has 0 heterocycles. The zero-order valence-electron chi connectivity index (χ0n) is 15.5. The van der Waals surface area contributed by atoms with E-state index in [4.69, 9.17) is 16.3 Å². The number of esters is 1. The van der Waals surface area contributed by atoms with Crippen LogP contribution in [0.3, 0.4) is 0 Å². The van der Waals surface area contributed by atoms with Gasteiger partial charge in [-0.25, -0.2) is 4.79 Å². The molecule has 0 spiro atoms. The first-order valence-corrected chi connectivity index (χ1v) is 8.83. The Morgan fingerprint density at radius 2 is 1.73 bits per heavy atom. The lowest BCUT2D eigenvalue weighted by molar-refractivity contribution is -0.140. The van der Waals surface area contributed by atoms with Gasteiger partial charge in [0.05, 0.1) is 0 Å². The Labute approximate surface area is 159 Å². The van der Waals surface area contributed by atoms with Crippen molar-refractivity contribution >= 4 is 29.4 Å². The summed E-state index contributed by atoms with van der Waals surface area (Å²) in [6.07, 6.45) is 2.04. The summed E-state index contributed by atoms with van der Waals surface area (Å²) >= 11 is 5.90. The second-order valence-corrected chi connectivity index (χ2v) is 7.60. The van der Waals surface area contributed by atoms with Crippen molar-refractivity contribution in [3.05, 3.63) is 76.3 Å². The van der Waals surface area contributed by atoms with Crippen LogP contribution in [0, 0.1) is 0 Å². The van der Waals surface area contributed by atoms with E-state index in [1.54, 1.807) is 43.3 Å². The molecule has 2 aromatic carbocycles. The van der Waals surface area contributed by atoms with Gasteiger partial charge in [-0.15, -0.1) is 0 Å². The molecule has 0 radical (unpaired) electrons. The molecular formula is C22H23ClO3. The van der Waals surface area contributed by atoms with Crippen LogP contribution in [0.15, 0.2) is 54.6 Å². The lowest BCUT2D eigenvalue weighted by atomic mass is 9.86. The van der Waals surface area contributed by atoms with Gasteiger partial charge in [0.1, 0.15) is 0 Å². The fourth-order valence-electron chi connectivity index (χ4n) is 2.41. The highest BCUT2D eigenvalue weighted by molar-refractivity contribution is 6.30. The zero-order chi connectivity index (χ0) is 19.3. The Bertz CT molecular complexity index is 814. The Kier molecular flexibility index (Phi) is 6.38. The molecule has 26 heavy (non-hydrogen) atoms. The van der Waals surface area contributed by atoms with E-state index in [-0.39, 0.29) is 11.2 Å². The molecule has 1 atom stereocenters. The molecule has 4 heteroatoms. The van der Waals surface area contributed by atoms with Crippen molar-refractivity contribution in [2.75, 3.05) is 0 Å². The van der Waals surface area contributed by atoms with Gasteiger partial charge >= 0.3 is 5.97 Å². The number of benzene rings is 2. The quantitative estimate of drug-likeness (QED) is 0.398. The van der Waals surface area contributed by atoms with E-state index >= 15 is 0 Å². The van der Waals surface area contributed by atoms with Gasteiger partial charge in [-0.1, -0.05) is 68.8 Å². The number of ether oxygens (including phenoxy) is 1. The molecule has 0 aliphatic carbocycles. The standard InChI is InChI=1S/C22H23ClO3/c1-15(21(25)17-9-11-18(12-10-17)22(2,3)4)26-20(24)13-8-16-6-5-7-19(23)14-16/h5-15H,1-4H3/b13-8+/t15-/m1/s1. The average Bonchev–Trinajstić information content (AvgIpc) is 2.58. The highest BCUT2D eigenvalue weighted by atomic mass is 35.5. The fraction of sp³-hybridized carbons (Fsp3) is 0.273. The zero-order valence-corrected chi connectivity index (χ0v) is 16.2. The molecule has 0 unspecified atom stereocenters. The summed E-state index contributed by atoms with van der Waals surface area (Å²) in [6, 6.07) is 14.5. The van der Waals surface area contributed by atoms with Crippen molar-refractivity contribution in [3.8, 4) is 0 Å². The van der Waals surface area contributed by atoms with Gasteiger partial charge in [0, 0.05) is 16.7 Å². The maximum atomic E-state index is 12.4. The monoisotopic (exact) mass is 370 g/mol. The second kappa shape index (κ2) is 8.33. The van der Waals surface area contributed by atoms with Crippen LogP contribution < -0.4 is 0 Å². The van der Waals surface area contributed by atoms with Crippen LogP contribution in [0.25, 0.3) is 6.08 Å². The van der Waals surface area contributed by atoms with Crippen molar-refractivity contribution in [1.82, 2.24) is 0 Å². The van der Waals surface area contributed by atoms with Gasteiger partial charge in [-0.3, -0.25) is 4.79 Å². The minimum absolute atomic E-state index is 0.0186. The molecule has 0 bridgehead atoms. The number of hydrogen-bond acceptors (Lipinski definition) is 3. The summed E-state index contributed by atoms with van der Waals surface area (Å²) in [5.41, 5.74) is 2.47. The minimum Gasteiger partial charge on any atom is -0.451 e. The van der Waals surface area contributed by atoms with Crippen molar-refractivity contribution in [1.29, 1.82) is 0 Å². The smallest absolute Gasteiger partial charge is 0.331 e. The van der Waals surface area contributed by atoms with Crippen LogP contribution in [0.4, 0.5) is 0 Å². The summed E-state index contributed by atoms with van der Waals surface area (Å²) in [4.78, 5) is 24.4. The molecule has 136 valence electrons. The van der Waals surface area contributed by atoms with Gasteiger partial charge in [0.2, 0.25) is 5.78 Å². The maximum Gasteiger partial charge on any atom is 0.331 e. The van der Waals surface area contributed by atoms with E-state index in [1.807, 2.05) is 18.2 Å². The Morgan fingerprint density at radius 3 is 2.31 bits per heavy atom. The number of hydrogen-bond donors (Lipinski definition) is 0. The molecule has 2 aromatic rings. The predicted molar refractivity (Wildman–Crippen MR) is 106 cm³/mol. The first-order valence-electron chi connectivity index (χ1n) is 8.46. The van der Waals surface area contributed by atoms with E-state index in [1.165, 1.54) is 6.08 Å². The van der Waals surface area contributed by atoms with Gasteiger partial charge in [-0.2, -0.15) is 0 Å². The van der Waals surface area contributed by atoms with E-state index in [9.17, 15) is 9.59 Å². The van der Waals surface area contributed by atoms with Gasteiger partial charge in [0.15, 0.2) is 6.10 Å². The molecule has 0 fully saturated rings. The topological polar surface area (TPSA) is 43.4 Å². The number of Topliss-reactive ketones (excluding diaryl/α,β-unsaturated/α-hetero) is 1. The molecule has 0 saturated heterocycles. The Balaban J connectivity index is 1.99. The van der Waals surface area contributed by atoms with Gasteiger partial charge < -0.3 is 4.74 Å². The van der Waals surface area contributed by atoms with Crippen LogP contribution in [-0.4, -0.2) is 17.9 Å². The molecular weight excluding hydrogens is 348 g/mol. The summed E-state index contributed by atoms with van der Waals surface area (Å²) < 4.78 is 5.21. The lowest BCUT2D eigenvalue weighted by Gasteiger charge is -2.19. The van der Waals surface area contributed by atoms with Crippen LogP contribution in [0.2, 0.25) is 5.02 Å². The van der Waals surface area contributed by atoms with E-state index in [2.05, 4.69) is 20.8 Å². The van der Waals surface area contributed by atoms with Gasteiger partial charge in [-0.05, 0) is 41.7 Å². The summed E-state index contributed by atoms with van der Waals surface area (Å²) in [5.74, 6) is -0.799. The number of carbonyl (C=O) groups excluding carboxylic acids is 2. The van der Waals surface area contributed by atoms with Crippen molar-refractivity contribution in [2.24, 2.45) is 0 Å². The third-order valence-corrected chi connectivity index (χ3v) is 4.19. The number of carbonyl (C=O) groups is 2. The summed E-state index contributed by atoms with van der Waals surface area (Å²) in [6.45, 7) is 7.91. The Hall–Kier alpha value is -2.39. The molecule has 0 aromatic heterocycles. The third-order valence-electron chi connectivity index (χ3n) is 3.96. The first-order chi connectivity index (χ1) is 12.2. The van der Waals surface area contributed by atoms with Crippen molar-refractivity contribution in [3.63, 3.8) is 0 Å². The molecule has 2 rings (SSSR count). The van der Waals surface area contributed by atoms with E-state index in [0.717, 1.165) is 11.1 Å². The fourth-order valence-corrected chi connectivity index (χ4v) is 2.61. The highest BCUT2D eigenvalue weighted by Crippen LogP contribution is 2.22. The SMILES string of the molecule is C[C@@H](OC(=O)/C=C/c1cccc(Cl)c1)C(=O)c1ccc(C(C)(C)C)cc1. The number of halogens is 1. The van der Waals surface area contributed by atoms with Crippen LogP contribution in [0.5, 0.6) is 0 Å². The number of ketones is 1. The minimum atomic E-state index is -0.855. The summed E-state index contributed by atoms with van der Waals surface area (Å²) in [7, 11) is 0. The normalized spacial score (nSPS) is 12.8. The first kappa shape index (κ1) is 19.9. The Morgan fingerprint density at radius 1 is 1.08 bits per heavy atom. The maximum absolute atomic E-state index is 12.4. The van der Waals surface area contributed by atoms with Gasteiger partial charge in [0.25, 0.3) is 0 Å². The van der Waals surface area contributed by atoms with Crippen molar-refractivity contribution < 1.29 is 14.3 Å². The summed E-state index contributed by atoms with van der Waals surface area (Å²) in [5, 5.41) is 0.586. The molecule has 3 nitrogen and oxygen atoms in total. The molecule has 0 saturated carbocycles.